The second-order valence-corrected chi connectivity index (χ2v) is 17.9. The smallest absolute Gasteiger partial charge is 0.356 e. The lowest BCUT2D eigenvalue weighted by Crippen LogP contribution is -2.54. The molecule has 5 heterocycles. The summed E-state index contributed by atoms with van der Waals surface area (Å²) in [5.74, 6) is -3.62. The predicted molar refractivity (Wildman–Crippen MR) is 193 cm³/mol. The zero-order valence-corrected chi connectivity index (χ0v) is 30.8. The van der Waals surface area contributed by atoms with E-state index in [1.807, 2.05) is 11.0 Å². The van der Waals surface area contributed by atoms with Crippen LogP contribution >= 0.6 is 0 Å². The number of carbonyl (C=O) groups excluding carboxylic acids is 5. The molecule has 1 aliphatic carbocycles. The maximum atomic E-state index is 15.6. The number of benzene rings is 2. The summed E-state index contributed by atoms with van der Waals surface area (Å²) in [6.07, 6.45) is 5.97. The van der Waals surface area contributed by atoms with Crippen molar-refractivity contribution in [1.82, 2.24) is 24.9 Å². The van der Waals surface area contributed by atoms with E-state index in [0.29, 0.717) is 76.6 Å². The molecule has 4 saturated heterocycles. The molecule has 4 amide bonds. The van der Waals surface area contributed by atoms with Gasteiger partial charge in [0.1, 0.15) is 11.9 Å². The molecular formula is C38H45FN6O8S. The van der Waals surface area contributed by atoms with Crippen molar-refractivity contribution in [2.45, 2.75) is 87.6 Å². The molecule has 0 bridgehead atoms. The number of piperidine rings is 3. The van der Waals surface area contributed by atoms with Gasteiger partial charge in [-0.25, -0.2) is 21.9 Å². The van der Waals surface area contributed by atoms with Gasteiger partial charge in [-0.15, -0.1) is 5.48 Å². The molecule has 2 aromatic rings. The number of halogens is 1. The molecule has 0 radical (unpaired) electrons. The zero-order valence-electron chi connectivity index (χ0n) is 30.0. The van der Waals surface area contributed by atoms with E-state index in [4.69, 9.17) is 4.84 Å². The minimum Gasteiger partial charge on any atom is -0.369 e. The molecule has 2 aromatic carbocycles. The third-order valence-corrected chi connectivity index (χ3v) is 14.9. The molecule has 6 aliphatic rings. The Morgan fingerprint density at radius 3 is 2.28 bits per heavy atom. The topological polar surface area (TPSA) is 166 Å². The first-order valence-corrected chi connectivity index (χ1v) is 20.5. The molecular weight excluding hydrogens is 720 g/mol. The van der Waals surface area contributed by atoms with Crippen molar-refractivity contribution in [2.24, 2.45) is 5.41 Å². The van der Waals surface area contributed by atoms with E-state index in [2.05, 4.69) is 15.7 Å². The SMILES string of the molecule is O=C1CCC(N2C(=O)c3cc(F)c(N4CCC5(CCC(N6CCC(S(=O)(=O)N7CCC(NOC(=O)c8ccccc8)CC7)CC6)C5)C4)cc3C2=O)C(=O)N1. The van der Waals surface area contributed by atoms with E-state index in [1.54, 1.807) is 28.6 Å². The van der Waals surface area contributed by atoms with Crippen LogP contribution in [0.3, 0.4) is 0 Å². The summed E-state index contributed by atoms with van der Waals surface area (Å²) in [6.45, 7) is 3.35. The summed E-state index contributed by atoms with van der Waals surface area (Å²) < 4.78 is 44.5. The van der Waals surface area contributed by atoms with Crippen LogP contribution < -0.4 is 15.7 Å². The molecule has 288 valence electrons. The minimum absolute atomic E-state index is 0.00689. The number of hydrogen-bond acceptors (Lipinski definition) is 11. The predicted octanol–water partition coefficient (Wildman–Crippen LogP) is 2.60. The molecule has 5 aliphatic heterocycles. The van der Waals surface area contributed by atoms with Gasteiger partial charge in [-0.1, -0.05) is 18.2 Å². The Hall–Kier alpha value is -4.25. The number of rotatable bonds is 8. The van der Waals surface area contributed by atoms with Crippen LogP contribution in [0.1, 0.15) is 95.3 Å². The van der Waals surface area contributed by atoms with E-state index >= 15 is 4.39 Å². The molecule has 1 spiro atoms. The van der Waals surface area contributed by atoms with Gasteiger partial charge in [0.25, 0.3) is 11.8 Å². The Morgan fingerprint density at radius 1 is 0.870 bits per heavy atom. The monoisotopic (exact) mass is 764 g/mol. The first kappa shape index (κ1) is 36.7. The zero-order chi connectivity index (χ0) is 37.8. The van der Waals surface area contributed by atoms with Gasteiger partial charge in [0.15, 0.2) is 0 Å². The largest absolute Gasteiger partial charge is 0.369 e. The van der Waals surface area contributed by atoms with Crippen LogP contribution in [0.25, 0.3) is 0 Å². The van der Waals surface area contributed by atoms with Crippen molar-refractivity contribution in [3.05, 3.63) is 65.0 Å². The Morgan fingerprint density at radius 2 is 1.57 bits per heavy atom. The van der Waals surface area contributed by atoms with Gasteiger partial charge in [-0.3, -0.25) is 29.4 Å². The van der Waals surface area contributed by atoms with Crippen LogP contribution in [-0.4, -0.2) is 115 Å². The molecule has 16 heteroatoms. The maximum absolute atomic E-state index is 15.6. The Balaban J connectivity index is 0.825. The van der Waals surface area contributed by atoms with Gasteiger partial charge in [-0.05, 0) is 101 Å². The van der Waals surface area contributed by atoms with E-state index < -0.39 is 56.7 Å². The second kappa shape index (κ2) is 14.4. The Labute approximate surface area is 313 Å². The summed E-state index contributed by atoms with van der Waals surface area (Å²) in [5, 5.41) is 1.74. The van der Waals surface area contributed by atoms with Gasteiger partial charge in [0.05, 0.1) is 27.6 Å². The normalized spacial score (nSPS) is 27.6. The lowest BCUT2D eigenvalue weighted by molar-refractivity contribution is -0.136. The van der Waals surface area contributed by atoms with Crippen molar-refractivity contribution in [2.75, 3.05) is 44.2 Å². The lowest BCUT2D eigenvalue weighted by atomic mass is 9.85. The molecule has 2 N–H and O–H groups in total. The van der Waals surface area contributed by atoms with Gasteiger partial charge < -0.3 is 14.6 Å². The number of fused-ring (bicyclic) bond motifs is 1. The van der Waals surface area contributed by atoms with Crippen LogP contribution in [0.4, 0.5) is 10.1 Å². The van der Waals surface area contributed by atoms with Gasteiger partial charge in [0.2, 0.25) is 21.8 Å². The van der Waals surface area contributed by atoms with Crippen LogP contribution in [0.15, 0.2) is 42.5 Å². The molecule has 0 aromatic heterocycles. The van der Waals surface area contributed by atoms with E-state index in [1.165, 1.54) is 6.07 Å². The quantitative estimate of drug-likeness (QED) is 0.300. The van der Waals surface area contributed by atoms with Gasteiger partial charge >= 0.3 is 5.97 Å². The molecule has 3 atom stereocenters. The molecule has 8 rings (SSSR count). The number of imide groups is 2. The summed E-state index contributed by atoms with van der Waals surface area (Å²) >= 11 is 0. The average Bonchev–Trinajstić information content (AvgIpc) is 3.86. The van der Waals surface area contributed by atoms with Crippen molar-refractivity contribution < 1.29 is 41.6 Å². The minimum atomic E-state index is -3.47. The van der Waals surface area contributed by atoms with Crippen molar-refractivity contribution in [3.8, 4) is 0 Å². The highest BCUT2D eigenvalue weighted by atomic mass is 32.2. The molecule has 5 fully saturated rings. The third kappa shape index (κ3) is 6.81. The average molecular weight is 765 g/mol. The number of amides is 4. The summed E-state index contributed by atoms with van der Waals surface area (Å²) in [6, 6.07) is 10.3. The highest BCUT2D eigenvalue weighted by Gasteiger charge is 2.49. The summed E-state index contributed by atoms with van der Waals surface area (Å²) in [7, 11) is -3.47. The van der Waals surface area contributed by atoms with Crippen LogP contribution in [-0.2, 0) is 24.4 Å². The van der Waals surface area contributed by atoms with Gasteiger partial charge in [-0.2, -0.15) is 0 Å². The molecule has 14 nitrogen and oxygen atoms in total. The number of carbonyl (C=O) groups is 5. The van der Waals surface area contributed by atoms with E-state index in [0.717, 1.165) is 36.6 Å². The fourth-order valence-electron chi connectivity index (χ4n) is 9.47. The van der Waals surface area contributed by atoms with Crippen molar-refractivity contribution >= 4 is 45.3 Å². The Bertz CT molecular complexity index is 1970. The summed E-state index contributed by atoms with van der Waals surface area (Å²) in [5.41, 5.74) is 3.49. The van der Waals surface area contributed by atoms with Crippen molar-refractivity contribution in [1.29, 1.82) is 0 Å². The second-order valence-electron chi connectivity index (χ2n) is 15.7. The highest BCUT2D eigenvalue weighted by Crippen LogP contribution is 2.49. The number of hydrogen-bond donors (Lipinski definition) is 2. The number of hydroxylamine groups is 1. The standard InChI is InChI=1S/C38H45FN6O8S/c39-30-20-28-29(36(49)45(35(28)48)31-6-7-33(46)40-34(31)47)21-32(30)43-19-14-38(23-43)13-8-26(22-38)42-15-11-27(12-16-42)54(51,52)44-17-9-25(10-18-44)41-53-37(50)24-4-2-1-3-5-24/h1-5,20-21,25-27,31,41H,6-19,22-23H2,(H,40,46,47). The highest BCUT2D eigenvalue weighted by molar-refractivity contribution is 7.89. The van der Waals surface area contributed by atoms with Crippen LogP contribution in [0.2, 0.25) is 0 Å². The third-order valence-electron chi connectivity index (χ3n) is 12.5. The van der Waals surface area contributed by atoms with Crippen LogP contribution in [0.5, 0.6) is 0 Å². The molecule has 54 heavy (non-hydrogen) atoms. The first-order valence-electron chi connectivity index (χ1n) is 19.0. The number of sulfonamides is 1. The summed E-state index contributed by atoms with van der Waals surface area (Å²) in [4.78, 5) is 73.4. The number of nitrogens with zero attached hydrogens (tertiary/aromatic N) is 4. The fraction of sp³-hybridized carbons (Fsp3) is 0.553. The van der Waals surface area contributed by atoms with Gasteiger partial charge in [0, 0.05) is 44.7 Å². The van der Waals surface area contributed by atoms with Crippen molar-refractivity contribution in [3.63, 3.8) is 0 Å². The number of nitrogens with one attached hydrogen (secondary N) is 2. The van der Waals surface area contributed by atoms with E-state index in [9.17, 15) is 32.4 Å². The number of likely N-dealkylation sites (tertiary alicyclic amines) is 1. The number of anilines is 1. The molecule has 1 saturated carbocycles. The molecule has 3 unspecified atom stereocenters. The maximum Gasteiger partial charge on any atom is 0.356 e. The lowest BCUT2D eigenvalue weighted by Gasteiger charge is -2.39. The van der Waals surface area contributed by atoms with Crippen LogP contribution in [0, 0.1) is 11.2 Å². The Kier molecular flexibility index (Phi) is 9.81. The van der Waals surface area contributed by atoms with E-state index in [-0.39, 0.29) is 41.1 Å². The first-order chi connectivity index (χ1) is 25.9. The fourth-order valence-corrected chi connectivity index (χ4v) is 11.4.